The lowest BCUT2D eigenvalue weighted by Crippen LogP contribution is -2.29. The Morgan fingerprint density at radius 2 is 1.88 bits per heavy atom. The standard InChI is InChI=1S/C23H20N6O3/c1-27-21-18(12-25-27)23(32)28(14-24-21)13-20(30)26-17-8-6-16(7-9-17)22(31)29-11-10-15-4-2-3-5-19(15)29/h2-9,12,14H,10-11,13H2,1H3,(H,26,30). The summed E-state index contributed by atoms with van der Waals surface area (Å²) >= 11 is 0. The molecule has 1 N–H and O–H groups in total. The van der Waals surface area contributed by atoms with E-state index in [0.29, 0.717) is 28.8 Å². The number of aromatic nitrogens is 4. The molecule has 160 valence electrons. The molecule has 9 nitrogen and oxygen atoms in total. The molecule has 0 bridgehead atoms. The van der Waals surface area contributed by atoms with Crippen molar-refractivity contribution in [3.05, 3.63) is 82.5 Å². The van der Waals surface area contributed by atoms with Crippen molar-refractivity contribution in [1.82, 2.24) is 19.3 Å². The van der Waals surface area contributed by atoms with Gasteiger partial charge in [-0.05, 0) is 42.3 Å². The lowest BCUT2D eigenvalue weighted by molar-refractivity contribution is -0.116. The smallest absolute Gasteiger partial charge is 0.264 e. The van der Waals surface area contributed by atoms with Crippen LogP contribution in [0.2, 0.25) is 0 Å². The average molecular weight is 428 g/mol. The van der Waals surface area contributed by atoms with Crippen LogP contribution in [-0.4, -0.2) is 37.7 Å². The number of benzene rings is 2. The predicted molar refractivity (Wildman–Crippen MR) is 120 cm³/mol. The topological polar surface area (TPSA) is 102 Å². The molecule has 0 atom stereocenters. The highest BCUT2D eigenvalue weighted by Gasteiger charge is 2.25. The van der Waals surface area contributed by atoms with E-state index in [4.69, 9.17) is 0 Å². The van der Waals surface area contributed by atoms with Gasteiger partial charge in [0, 0.05) is 30.5 Å². The molecule has 4 aromatic rings. The van der Waals surface area contributed by atoms with Crippen LogP contribution in [-0.2, 0) is 24.8 Å². The van der Waals surface area contributed by atoms with Crippen molar-refractivity contribution in [1.29, 1.82) is 0 Å². The molecule has 0 aliphatic carbocycles. The summed E-state index contributed by atoms with van der Waals surface area (Å²) in [5.41, 5.74) is 3.33. The first-order chi connectivity index (χ1) is 15.5. The van der Waals surface area contributed by atoms with Crippen molar-refractivity contribution >= 4 is 34.2 Å². The van der Waals surface area contributed by atoms with E-state index < -0.39 is 0 Å². The number of rotatable bonds is 4. The Hall–Kier alpha value is -4.27. The van der Waals surface area contributed by atoms with Gasteiger partial charge in [-0.3, -0.25) is 23.6 Å². The Balaban J connectivity index is 1.27. The zero-order valence-electron chi connectivity index (χ0n) is 17.4. The van der Waals surface area contributed by atoms with E-state index in [2.05, 4.69) is 15.4 Å². The molecule has 0 fully saturated rings. The fourth-order valence-corrected chi connectivity index (χ4v) is 3.94. The van der Waals surface area contributed by atoms with E-state index in [-0.39, 0.29) is 23.9 Å². The average Bonchev–Trinajstić information content (AvgIpc) is 3.40. The molecule has 2 aromatic carbocycles. The highest BCUT2D eigenvalue weighted by atomic mass is 16.2. The van der Waals surface area contributed by atoms with Crippen LogP contribution >= 0.6 is 0 Å². The quantitative estimate of drug-likeness (QED) is 0.536. The second-order valence-electron chi connectivity index (χ2n) is 7.64. The van der Waals surface area contributed by atoms with E-state index in [9.17, 15) is 14.4 Å². The van der Waals surface area contributed by atoms with Crippen molar-refractivity contribution in [2.75, 3.05) is 16.8 Å². The van der Waals surface area contributed by atoms with Gasteiger partial charge in [0.05, 0.1) is 6.20 Å². The normalized spacial score (nSPS) is 12.7. The molecule has 0 radical (unpaired) electrons. The summed E-state index contributed by atoms with van der Waals surface area (Å²) in [4.78, 5) is 43.8. The second-order valence-corrected chi connectivity index (χ2v) is 7.64. The molecule has 2 aromatic heterocycles. The molecule has 0 unspecified atom stereocenters. The molecular formula is C23H20N6O3. The van der Waals surface area contributed by atoms with E-state index in [1.807, 2.05) is 24.3 Å². The fourth-order valence-electron chi connectivity index (χ4n) is 3.94. The Kier molecular flexibility index (Phi) is 4.78. The van der Waals surface area contributed by atoms with Gasteiger partial charge in [-0.2, -0.15) is 5.10 Å². The minimum atomic E-state index is -0.371. The van der Waals surface area contributed by atoms with E-state index >= 15 is 0 Å². The van der Waals surface area contributed by atoms with Gasteiger partial charge in [0.2, 0.25) is 5.91 Å². The SMILES string of the molecule is Cn1ncc2c(=O)n(CC(=O)Nc3ccc(C(=O)N4CCc5ccccc54)cc3)cnc21. The molecule has 0 saturated carbocycles. The Labute approximate surface area is 182 Å². The fraction of sp³-hybridized carbons (Fsp3) is 0.174. The van der Waals surface area contributed by atoms with Crippen molar-refractivity contribution < 1.29 is 9.59 Å². The van der Waals surface area contributed by atoms with Crippen LogP contribution in [0.1, 0.15) is 15.9 Å². The minimum absolute atomic E-state index is 0.0739. The summed E-state index contributed by atoms with van der Waals surface area (Å²) in [6, 6.07) is 14.6. The molecule has 32 heavy (non-hydrogen) atoms. The maximum atomic E-state index is 12.9. The Morgan fingerprint density at radius 3 is 2.69 bits per heavy atom. The number of nitrogens with one attached hydrogen (secondary N) is 1. The van der Waals surface area contributed by atoms with Crippen LogP contribution < -0.4 is 15.8 Å². The molecule has 2 amide bonds. The number of nitrogens with zero attached hydrogens (tertiary/aromatic N) is 5. The minimum Gasteiger partial charge on any atom is -0.325 e. The largest absolute Gasteiger partial charge is 0.325 e. The van der Waals surface area contributed by atoms with Gasteiger partial charge in [0.25, 0.3) is 11.5 Å². The summed E-state index contributed by atoms with van der Waals surface area (Å²) in [5, 5.41) is 7.12. The van der Waals surface area contributed by atoms with Crippen LogP contribution in [0.25, 0.3) is 11.0 Å². The zero-order chi connectivity index (χ0) is 22.2. The van der Waals surface area contributed by atoms with E-state index in [1.165, 1.54) is 27.3 Å². The molecule has 1 aliphatic rings. The molecule has 1 aliphatic heterocycles. The monoisotopic (exact) mass is 428 g/mol. The highest BCUT2D eigenvalue weighted by molar-refractivity contribution is 6.07. The van der Waals surface area contributed by atoms with Crippen LogP contribution in [0.15, 0.2) is 65.8 Å². The maximum Gasteiger partial charge on any atom is 0.264 e. The first kappa shape index (κ1) is 19.7. The summed E-state index contributed by atoms with van der Waals surface area (Å²) in [5.74, 6) is -0.445. The van der Waals surface area contributed by atoms with Crippen molar-refractivity contribution in [3.8, 4) is 0 Å². The summed E-state index contributed by atoms with van der Waals surface area (Å²) in [6.45, 7) is 0.475. The van der Waals surface area contributed by atoms with Crippen LogP contribution in [0.4, 0.5) is 11.4 Å². The van der Waals surface area contributed by atoms with Crippen molar-refractivity contribution in [2.24, 2.45) is 7.05 Å². The third-order valence-electron chi connectivity index (χ3n) is 5.58. The van der Waals surface area contributed by atoms with E-state index in [1.54, 1.807) is 36.2 Å². The first-order valence-corrected chi connectivity index (χ1v) is 10.2. The number of hydrogen-bond donors (Lipinski definition) is 1. The Bertz CT molecular complexity index is 1400. The lowest BCUT2D eigenvalue weighted by Gasteiger charge is -2.17. The molecule has 9 heteroatoms. The zero-order valence-corrected chi connectivity index (χ0v) is 17.4. The number of carbonyl (C=O) groups is 2. The summed E-state index contributed by atoms with van der Waals surface area (Å²) in [7, 11) is 1.70. The van der Waals surface area contributed by atoms with Crippen LogP contribution in [0.5, 0.6) is 0 Å². The number of amides is 2. The van der Waals surface area contributed by atoms with Crippen LogP contribution in [0.3, 0.4) is 0 Å². The summed E-state index contributed by atoms with van der Waals surface area (Å²) < 4.78 is 2.74. The van der Waals surface area contributed by atoms with Gasteiger partial charge in [0.1, 0.15) is 18.3 Å². The van der Waals surface area contributed by atoms with Gasteiger partial charge in [-0.1, -0.05) is 18.2 Å². The predicted octanol–water partition coefficient (Wildman–Crippen LogP) is 1.97. The summed E-state index contributed by atoms with van der Waals surface area (Å²) in [6.07, 6.45) is 3.62. The van der Waals surface area contributed by atoms with Gasteiger partial charge in [-0.15, -0.1) is 0 Å². The molecule has 5 rings (SSSR count). The highest BCUT2D eigenvalue weighted by Crippen LogP contribution is 2.29. The third kappa shape index (κ3) is 3.43. The van der Waals surface area contributed by atoms with Crippen molar-refractivity contribution in [2.45, 2.75) is 13.0 Å². The van der Waals surface area contributed by atoms with Gasteiger partial charge < -0.3 is 10.2 Å². The number of carbonyl (C=O) groups excluding carboxylic acids is 2. The van der Waals surface area contributed by atoms with E-state index in [0.717, 1.165) is 12.1 Å². The molecule has 0 saturated heterocycles. The first-order valence-electron chi connectivity index (χ1n) is 10.2. The van der Waals surface area contributed by atoms with Gasteiger partial charge in [0.15, 0.2) is 5.65 Å². The molecular weight excluding hydrogens is 408 g/mol. The third-order valence-corrected chi connectivity index (χ3v) is 5.58. The Morgan fingerprint density at radius 1 is 1.09 bits per heavy atom. The number of para-hydroxylation sites is 1. The molecule has 3 heterocycles. The van der Waals surface area contributed by atoms with Crippen LogP contribution in [0, 0.1) is 0 Å². The molecule has 0 spiro atoms. The number of fused-ring (bicyclic) bond motifs is 2. The number of anilines is 2. The lowest BCUT2D eigenvalue weighted by atomic mass is 10.1. The van der Waals surface area contributed by atoms with Gasteiger partial charge in [-0.25, -0.2) is 4.98 Å². The second kappa shape index (κ2) is 7.77. The number of hydrogen-bond acceptors (Lipinski definition) is 5. The number of aryl methyl sites for hydroxylation is 1. The van der Waals surface area contributed by atoms with Crippen molar-refractivity contribution in [3.63, 3.8) is 0 Å². The van der Waals surface area contributed by atoms with Gasteiger partial charge >= 0.3 is 0 Å². The maximum absolute atomic E-state index is 12.9.